The van der Waals surface area contributed by atoms with Crippen LogP contribution in [0.5, 0.6) is 0 Å². The number of carbonyl (C=O) groups is 3. The predicted octanol–water partition coefficient (Wildman–Crippen LogP) is 0.438. The Kier molecular flexibility index (Phi) is 6.37. The van der Waals surface area contributed by atoms with Crippen molar-refractivity contribution in [3.8, 4) is 0 Å². The molecule has 2 rings (SSSR count). The van der Waals surface area contributed by atoms with E-state index in [-0.39, 0.29) is 29.4 Å². The molecule has 23 heavy (non-hydrogen) atoms. The Bertz CT molecular complexity index is 454. The molecule has 2 unspecified atom stereocenters. The number of thioether (sulfide) groups is 1. The molecule has 0 aromatic rings. The lowest BCUT2D eigenvalue weighted by molar-refractivity contribution is -0.129. The van der Waals surface area contributed by atoms with E-state index in [1.165, 1.54) is 11.8 Å². The molecule has 0 radical (unpaired) electrons. The maximum Gasteiger partial charge on any atom is 0.409 e. The zero-order valence-electron chi connectivity index (χ0n) is 13.5. The molecule has 130 valence electrons. The van der Waals surface area contributed by atoms with E-state index in [1.807, 2.05) is 6.92 Å². The fraction of sp³-hybridized carbons (Fsp3) is 0.786. The lowest BCUT2D eigenvalue weighted by Gasteiger charge is -2.34. The Hall–Kier alpha value is -1.64. The molecule has 0 aliphatic carbocycles. The molecule has 2 atom stereocenters. The zero-order chi connectivity index (χ0) is 16.8. The number of carbonyl (C=O) groups excluding carboxylic acids is 3. The van der Waals surface area contributed by atoms with Crippen LogP contribution in [-0.4, -0.2) is 77.8 Å². The molecule has 0 saturated carbocycles. The Morgan fingerprint density at radius 3 is 2.48 bits per heavy atom. The first kappa shape index (κ1) is 17.7. The smallest absolute Gasteiger partial charge is 0.409 e. The highest BCUT2D eigenvalue weighted by Gasteiger charge is 2.27. The number of hydrogen-bond acceptors (Lipinski definition) is 5. The van der Waals surface area contributed by atoms with Crippen molar-refractivity contribution in [3.05, 3.63) is 0 Å². The topological polar surface area (TPSA) is 91.0 Å². The standard InChI is InChI=1S/C14H24N4O4S/c1-3-22-14(21)18-6-4-17(5-7-18)12(19)9-23-11-8-10(2)15-13(20)16-11/h10-11H,3-9H2,1-2H3,(H2,15,16,20). The van der Waals surface area contributed by atoms with Crippen molar-refractivity contribution in [3.63, 3.8) is 0 Å². The highest BCUT2D eigenvalue weighted by molar-refractivity contribution is 8.00. The Morgan fingerprint density at radius 1 is 1.22 bits per heavy atom. The normalized spacial score (nSPS) is 24.7. The minimum Gasteiger partial charge on any atom is -0.450 e. The van der Waals surface area contributed by atoms with Gasteiger partial charge in [0.2, 0.25) is 5.91 Å². The van der Waals surface area contributed by atoms with E-state index in [9.17, 15) is 14.4 Å². The molecule has 2 heterocycles. The number of hydrogen-bond donors (Lipinski definition) is 2. The largest absolute Gasteiger partial charge is 0.450 e. The Balaban J connectivity index is 1.71. The van der Waals surface area contributed by atoms with E-state index in [4.69, 9.17) is 4.74 Å². The van der Waals surface area contributed by atoms with Crippen LogP contribution in [0.25, 0.3) is 0 Å². The van der Waals surface area contributed by atoms with Crippen molar-refractivity contribution in [2.24, 2.45) is 0 Å². The molecule has 0 aromatic carbocycles. The van der Waals surface area contributed by atoms with Gasteiger partial charge in [0, 0.05) is 32.2 Å². The van der Waals surface area contributed by atoms with Crippen molar-refractivity contribution in [2.75, 3.05) is 38.5 Å². The number of ether oxygens (including phenoxy) is 1. The summed E-state index contributed by atoms with van der Waals surface area (Å²) in [7, 11) is 0. The summed E-state index contributed by atoms with van der Waals surface area (Å²) in [4.78, 5) is 38.6. The average Bonchev–Trinajstić information content (AvgIpc) is 2.52. The number of rotatable bonds is 4. The van der Waals surface area contributed by atoms with Crippen LogP contribution in [0.2, 0.25) is 0 Å². The molecule has 0 aromatic heterocycles. The van der Waals surface area contributed by atoms with Crippen molar-refractivity contribution in [1.29, 1.82) is 0 Å². The number of amides is 4. The van der Waals surface area contributed by atoms with Gasteiger partial charge in [-0.05, 0) is 20.3 Å². The first-order valence-corrected chi connectivity index (χ1v) is 8.92. The van der Waals surface area contributed by atoms with E-state index < -0.39 is 0 Å². The van der Waals surface area contributed by atoms with Gasteiger partial charge in [-0.25, -0.2) is 9.59 Å². The lowest BCUT2D eigenvalue weighted by atomic mass is 10.2. The van der Waals surface area contributed by atoms with Crippen LogP contribution in [0, 0.1) is 0 Å². The quantitative estimate of drug-likeness (QED) is 0.772. The number of urea groups is 1. The number of nitrogens with one attached hydrogen (secondary N) is 2. The summed E-state index contributed by atoms with van der Waals surface area (Å²) in [5, 5.41) is 5.55. The van der Waals surface area contributed by atoms with Gasteiger partial charge in [0.25, 0.3) is 0 Å². The maximum atomic E-state index is 12.2. The van der Waals surface area contributed by atoms with Crippen LogP contribution < -0.4 is 10.6 Å². The number of nitrogens with zero attached hydrogens (tertiary/aromatic N) is 2. The van der Waals surface area contributed by atoms with Gasteiger partial charge >= 0.3 is 12.1 Å². The van der Waals surface area contributed by atoms with E-state index in [1.54, 1.807) is 16.7 Å². The SMILES string of the molecule is CCOC(=O)N1CCN(C(=O)CSC2CC(C)NC(=O)N2)CC1. The Labute approximate surface area is 140 Å². The maximum absolute atomic E-state index is 12.2. The fourth-order valence-electron chi connectivity index (χ4n) is 2.58. The lowest BCUT2D eigenvalue weighted by Crippen LogP contribution is -2.53. The van der Waals surface area contributed by atoms with Crippen LogP contribution in [0.3, 0.4) is 0 Å². The molecule has 2 aliphatic rings. The average molecular weight is 344 g/mol. The van der Waals surface area contributed by atoms with Gasteiger partial charge in [-0.15, -0.1) is 11.8 Å². The third-order valence-corrected chi connectivity index (χ3v) is 4.93. The van der Waals surface area contributed by atoms with Crippen LogP contribution in [0.1, 0.15) is 20.3 Å². The van der Waals surface area contributed by atoms with Crippen molar-refractivity contribution < 1.29 is 19.1 Å². The molecule has 2 N–H and O–H groups in total. The summed E-state index contributed by atoms with van der Waals surface area (Å²) in [5.41, 5.74) is 0. The number of piperazine rings is 1. The van der Waals surface area contributed by atoms with E-state index in [0.717, 1.165) is 6.42 Å². The minimum absolute atomic E-state index is 0.0384. The van der Waals surface area contributed by atoms with Gasteiger partial charge in [-0.3, -0.25) is 4.79 Å². The fourth-order valence-corrected chi connectivity index (χ4v) is 3.72. The van der Waals surface area contributed by atoms with Gasteiger partial charge in [0.1, 0.15) is 0 Å². The van der Waals surface area contributed by atoms with Crippen molar-refractivity contribution >= 4 is 29.8 Å². The molecular weight excluding hydrogens is 320 g/mol. The zero-order valence-corrected chi connectivity index (χ0v) is 14.4. The molecule has 0 spiro atoms. The summed E-state index contributed by atoms with van der Waals surface area (Å²) in [5.74, 6) is 0.371. The second-order valence-corrected chi connectivity index (χ2v) is 6.81. The molecule has 9 heteroatoms. The van der Waals surface area contributed by atoms with Crippen molar-refractivity contribution in [2.45, 2.75) is 31.7 Å². The second kappa shape index (κ2) is 8.28. The highest BCUT2D eigenvalue weighted by atomic mass is 32.2. The molecule has 2 saturated heterocycles. The van der Waals surface area contributed by atoms with Gasteiger partial charge < -0.3 is 25.2 Å². The van der Waals surface area contributed by atoms with Gasteiger partial charge in [0.15, 0.2) is 0 Å². The molecule has 2 fully saturated rings. The molecule has 0 bridgehead atoms. The first-order chi connectivity index (χ1) is 11.0. The summed E-state index contributed by atoms with van der Waals surface area (Å²) in [6.45, 7) is 6.11. The van der Waals surface area contributed by atoms with Gasteiger partial charge in [0.05, 0.1) is 17.7 Å². The Morgan fingerprint density at radius 2 is 1.87 bits per heavy atom. The molecule has 4 amide bonds. The van der Waals surface area contributed by atoms with Crippen molar-refractivity contribution in [1.82, 2.24) is 20.4 Å². The van der Waals surface area contributed by atoms with Crippen LogP contribution in [0.15, 0.2) is 0 Å². The monoisotopic (exact) mass is 344 g/mol. The van der Waals surface area contributed by atoms with Gasteiger partial charge in [-0.1, -0.05) is 0 Å². The second-order valence-electron chi connectivity index (χ2n) is 5.62. The highest BCUT2D eigenvalue weighted by Crippen LogP contribution is 2.18. The predicted molar refractivity (Wildman–Crippen MR) is 87.2 cm³/mol. The molecule has 8 nitrogen and oxygen atoms in total. The van der Waals surface area contributed by atoms with E-state index >= 15 is 0 Å². The van der Waals surface area contributed by atoms with Crippen LogP contribution >= 0.6 is 11.8 Å². The third-order valence-electron chi connectivity index (χ3n) is 3.80. The molecule has 2 aliphatic heterocycles. The summed E-state index contributed by atoms with van der Waals surface area (Å²) < 4.78 is 4.96. The van der Waals surface area contributed by atoms with Crippen LogP contribution in [0.4, 0.5) is 9.59 Å². The van der Waals surface area contributed by atoms with E-state index in [0.29, 0.717) is 38.5 Å². The summed E-state index contributed by atoms with van der Waals surface area (Å²) in [6, 6.07) is -0.0683. The minimum atomic E-state index is -0.319. The summed E-state index contributed by atoms with van der Waals surface area (Å²) >= 11 is 1.45. The third kappa shape index (κ3) is 5.19. The van der Waals surface area contributed by atoms with E-state index in [2.05, 4.69) is 10.6 Å². The first-order valence-electron chi connectivity index (χ1n) is 7.87. The summed E-state index contributed by atoms with van der Waals surface area (Å²) in [6.07, 6.45) is 0.473. The van der Waals surface area contributed by atoms with Crippen LogP contribution in [-0.2, 0) is 9.53 Å². The molecular formula is C14H24N4O4S. The van der Waals surface area contributed by atoms with Gasteiger partial charge in [-0.2, -0.15) is 0 Å².